The number of hydrogen-bond donors (Lipinski definition) is 3. The average molecular weight is 299 g/mol. The zero-order valence-corrected chi connectivity index (χ0v) is 12.0. The number of rotatable bonds is 6. The Morgan fingerprint density at radius 2 is 2.15 bits per heavy atom. The molecule has 0 aromatic carbocycles. The molecular formula is C12H17N3O4S. The average Bonchev–Trinajstić information content (AvgIpc) is 2.79. The number of pyridine rings is 1. The molecule has 0 saturated heterocycles. The van der Waals surface area contributed by atoms with Crippen molar-refractivity contribution in [3.63, 3.8) is 0 Å². The summed E-state index contributed by atoms with van der Waals surface area (Å²) in [4.78, 5) is 15.6. The molecule has 0 aliphatic heterocycles. The molecule has 1 aliphatic carbocycles. The van der Waals surface area contributed by atoms with Crippen LogP contribution >= 0.6 is 0 Å². The molecule has 0 unspecified atom stereocenters. The van der Waals surface area contributed by atoms with Gasteiger partial charge in [0.05, 0.1) is 6.26 Å². The molecular weight excluding hydrogens is 282 g/mol. The van der Waals surface area contributed by atoms with Gasteiger partial charge in [0.15, 0.2) is 0 Å². The van der Waals surface area contributed by atoms with Crippen LogP contribution in [0.5, 0.6) is 0 Å². The van der Waals surface area contributed by atoms with E-state index in [9.17, 15) is 18.3 Å². The normalized spacial score (nSPS) is 14.1. The van der Waals surface area contributed by atoms with Crippen molar-refractivity contribution >= 4 is 21.8 Å². The first kappa shape index (κ1) is 14.7. The Morgan fingerprint density at radius 3 is 2.80 bits per heavy atom. The summed E-state index contributed by atoms with van der Waals surface area (Å²) in [5.41, 5.74) is 2.04. The Hall–Kier alpha value is -1.67. The molecule has 0 amide bonds. The van der Waals surface area contributed by atoms with Crippen LogP contribution in [0, 0.1) is 0 Å². The lowest BCUT2D eigenvalue weighted by atomic mass is 10.1. The van der Waals surface area contributed by atoms with Gasteiger partial charge in [0.25, 0.3) is 0 Å². The van der Waals surface area contributed by atoms with Gasteiger partial charge in [-0.25, -0.2) is 22.9 Å². The molecule has 7 nitrogen and oxygen atoms in total. The number of aryl methyl sites for hydroxylation is 2. The first-order valence-electron chi connectivity index (χ1n) is 6.31. The highest BCUT2D eigenvalue weighted by molar-refractivity contribution is 7.88. The summed E-state index contributed by atoms with van der Waals surface area (Å²) in [6.45, 7) is 0.454. The third kappa shape index (κ3) is 3.67. The Kier molecular flexibility index (Phi) is 4.24. The number of fused-ring (bicyclic) bond motifs is 1. The van der Waals surface area contributed by atoms with Crippen LogP contribution in [0.3, 0.4) is 0 Å². The lowest BCUT2D eigenvalue weighted by Crippen LogP contribution is -2.28. The summed E-state index contributed by atoms with van der Waals surface area (Å²) in [6, 6.07) is 1.66. The van der Waals surface area contributed by atoms with E-state index in [1.165, 1.54) is 0 Å². The number of sulfonamides is 1. The molecule has 0 atom stereocenters. The third-order valence-electron chi connectivity index (χ3n) is 3.06. The van der Waals surface area contributed by atoms with E-state index in [0.29, 0.717) is 5.82 Å². The number of carbonyl (C=O) groups is 1. The van der Waals surface area contributed by atoms with Crippen LogP contribution in [0.15, 0.2) is 6.07 Å². The van der Waals surface area contributed by atoms with Gasteiger partial charge >= 0.3 is 5.97 Å². The van der Waals surface area contributed by atoms with E-state index >= 15 is 0 Å². The van der Waals surface area contributed by atoms with Crippen LogP contribution in [0.4, 0.5) is 5.82 Å². The summed E-state index contributed by atoms with van der Waals surface area (Å²) in [6.07, 6.45) is 3.77. The summed E-state index contributed by atoms with van der Waals surface area (Å²) < 4.78 is 24.2. The van der Waals surface area contributed by atoms with Crippen molar-refractivity contribution in [3.05, 3.63) is 22.9 Å². The highest BCUT2D eigenvalue weighted by Crippen LogP contribution is 2.25. The van der Waals surface area contributed by atoms with Crippen LogP contribution in [0.2, 0.25) is 0 Å². The van der Waals surface area contributed by atoms with Crippen molar-refractivity contribution in [2.45, 2.75) is 19.3 Å². The quantitative estimate of drug-likeness (QED) is 0.649. The van der Waals surface area contributed by atoms with Crippen LogP contribution in [0.25, 0.3) is 0 Å². The minimum Gasteiger partial charge on any atom is -0.478 e. The molecule has 0 bridgehead atoms. The smallest absolute Gasteiger partial charge is 0.339 e. The monoisotopic (exact) mass is 299 g/mol. The van der Waals surface area contributed by atoms with Crippen LogP contribution in [-0.2, 0) is 22.9 Å². The number of hydrogen-bond acceptors (Lipinski definition) is 5. The molecule has 3 N–H and O–H groups in total. The molecule has 1 aromatic heterocycles. The fourth-order valence-electron chi connectivity index (χ4n) is 2.19. The number of aromatic carboxylic acids is 1. The third-order valence-corrected chi connectivity index (χ3v) is 3.79. The second-order valence-corrected chi connectivity index (χ2v) is 6.58. The van der Waals surface area contributed by atoms with Crippen molar-refractivity contribution in [1.82, 2.24) is 9.71 Å². The van der Waals surface area contributed by atoms with Gasteiger partial charge in [0, 0.05) is 18.8 Å². The van der Waals surface area contributed by atoms with Crippen molar-refractivity contribution in [2.75, 3.05) is 24.7 Å². The molecule has 0 saturated carbocycles. The lowest BCUT2D eigenvalue weighted by Gasteiger charge is -2.11. The first-order chi connectivity index (χ1) is 9.37. The van der Waals surface area contributed by atoms with Gasteiger partial charge in [-0.2, -0.15) is 0 Å². The Bertz CT molecular complexity index is 628. The second kappa shape index (κ2) is 5.76. The Morgan fingerprint density at radius 1 is 1.40 bits per heavy atom. The van der Waals surface area contributed by atoms with E-state index in [-0.39, 0.29) is 18.7 Å². The van der Waals surface area contributed by atoms with Crippen LogP contribution in [0.1, 0.15) is 28.0 Å². The molecule has 110 valence electrons. The summed E-state index contributed by atoms with van der Waals surface area (Å²) in [5, 5.41) is 12.1. The number of carboxylic acids is 1. The molecule has 8 heteroatoms. The highest BCUT2D eigenvalue weighted by Gasteiger charge is 2.19. The minimum atomic E-state index is -3.24. The number of nitrogens with zero attached hydrogens (tertiary/aromatic N) is 1. The van der Waals surface area contributed by atoms with E-state index in [1.54, 1.807) is 6.07 Å². The predicted octanol–water partition coefficient (Wildman–Crippen LogP) is 0.230. The fraction of sp³-hybridized carbons (Fsp3) is 0.500. The highest BCUT2D eigenvalue weighted by atomic mass is 32.2. The maximum Gasteiger partial charge on any atom is 0.339 e. The van der Waals surface area contributed by atoms with Gasteiger partial charge < -0.3 is 10.4 Å². The number of anilines is 1. The van der Waals surface area contributed by atoms with Gasteiger partial charge in [0.1, 0.15) is 11.4 Å². The van der Waals surface area contributed by atoms with Crippen molar-refractivity contribution in [1.29, 1.82) is 0 Å². The minimum absolute atomic E-state index is 0.130. The van der Waals surface area contributed by atoms with Gasteiger partial charge in [-0.3, -0.25) is 0 Å². The van der Waals surface area contributed by atoms with Crippen LogP contribution < -0.4 is 10.0 Å². The number of carboxylic acid groups (broad SMARTS) is 1. The predicted molar refractivity (Wildman–Crippen MR) is 74.6 cm³/mol. The maximum atomic E-state index is 11.2. The molecule has 20 heavy (non-hydrogen) atoms. The number of nitrogens with one attached hydrogen (secondary N) is 2. The zero-order valence-electron chi connectivity index (χ0n) is 11.1. The topological polar surface area (TPSA) is 108 Å². The number of aromatic nitrogens is 1. The van der Waals surface area contributed by atoms with Gasteiger partial charge in [0.2, 0.25) is 10.0 Å². The van der Waals surface area contributed by atoms with Crippen molar-refractivity contribution in [2.24, 2.45) is 0 Å². The summed E-state index contributed by atoms with van der Waals surface area (Å²) in [5.74, 6) is -0.737. The van der Waals surface area contributed by atoms with E-state index in [0.717, 1.165) is 36.8 Å². The van der Waals surface area contributed by atoms with Crippen molar-refractivity contribution in [3.8, 4) is 0 Å². The molecule has 0 spiro atoms. The first-order valence-corrected chi connectivity index (χ1v) is 8.20. The van der Waals surface area contributed by atoms with Gasteiger partial charge in [-0.1, -0.05) is 0 Å². The standard InChI is InChI=1S/C12H17N3O4S/c1-20(18,19)14-6-5-13-11-9(12(16)17)7-8-3-2-4-10(8)15-11/h7,14H,2-6H2,1H3,(H,13,15)(H,16,17). The zero-order chi connectivity index (χ0) is 14.8. The van der Waals surface area contributed by atoms with Gasteiger partial charge in [-0.15, -0.1) is 0 Å². The van der Waals surface area contributed by atoms with Crippen LogP contribution in [-0.4, -0.2) is 43.8 Å². The SMILES string of the molecule is CS(=O)(=O)NCCNc1nc2c(cc1C(=O)O)CCC2. The Labute approximate surface area is 117 Å². The molecule has 0 fully saturated rings. The van der Waals surface area contributed by atoms with E-state index in [4.69, 9.17) is 0 Å². The lowest BCUT2D eigenvalue weighted by molar-refractivity contribution is 0.0697. The molecule has 2 rings (SSSR count). The Balaban J connectivity index is 2.08. The van der Waals surface area contributed by atoms with E-state index in [2.05, 4.69) is 15.0 Å². The van der Waals surface area contributed by atoms with E-state index in [1.807, 2.05) is 0 Å². The molecule has 1 heterocycles. The summed E-state index contributed by atoms with van der Waals surface area (Å²) in [7, 11) is -3.24. The maximum absolute atomic E-state index is 11.2. The molecule has 0 radical (unpaired) electrons. The van der Waals surface area contributed by atoms with Gasteiger partial charge in [-0.05, 0) is 30.9 Å². The summed E-state index contributed by atoms with van der Waals surface area (Å²) >= 11 is 0. The molecule has 1 aliphatic rings. The fourth-order valence-corrected chi connectivity index (χ4v) is 2.66. The second-order valence-electron chi connectivity index (χ2n) is 4.74. The van der Waals surface area contributed by atoms with Crippen molar-refractivity contribution < 1.29 is 18.3 Å². The van der Waals surface area contributed by atoms with E-state index < -0.39 is 16.0 Å². The molecule has 1 aromatic rings. The largest absolute Gasteiger partial charge is 0.478 e.